The van der Waals surface area contributed by atoms with Crippen molar-refractivity contribution in [2.24, 2.45) is 5.73 Å². The van der Waals surface area contributed by atoms with E-state index in [0.717, 1.165) is 12.0 Å². The van der Waals surface area contributed by atoms with Crippen LogP contribution in [0.1, 0.15) is 28.8 Å². The van der Waals surface area contributed by atoms with Crippen molar-refractivity contribution in [2.75, 3.05) is 6.54 Å². The quantitative estimate of drug-likeness (QED) is 0.829. The van der Waals surface area contributed by atoms with Crippen LogP contribution in [0.2, 0.25) is 0 Å². The second kappa shape index (κ2) is 4.57. The monoisotopic (exact) mass is 232 g/mol. The van der Waals surface area contributed by atoms with Gasteiger partial charge in [-0.1, -0.05) is 17.7 Å². The fraction of sp³-hybridized carbons (Fsp3) is 0.385. The molecular formula is C13H16N2O2. The highest BCUT2D eigenvalue weighted by atomic mass is 16.2. The molecule has 1 aliphatic heterocycles. The average molecular weight is 232 g/mol. The fourth-order valence-electron chi connectivity index (χ4n) is 2.25. The zero-order chi connectivity index (χ0) is 12.4. The van der Waals surface area contributed by atoms with E-state index in [1.807, 2.05) is 25.1 Å². The van der Waals surface area contributed by atoms with Gasteiger partial charge in [-0.05, 0) is 31.9 Å². The number of hydrogen-bond donors (Lipinski definition) is 1. The van der Waals surface area contributed by atoms with Crippen LogP contribution in [0.4, 0.5) is 0 Å². The molecule has 0 radical (unpaired) electrons. The summed E-state index contributed by atoms with van der Waals surface area (Å²) < 4.78 is 0. The first-order chi connectivity index (χ1) is 8.09. The maximum atomic E-state index is 12.2. The standard InChI is InChI=1S/C13H16N2O2/c1-9-4-2-5-10(8-9)13(17)15-7-3-6-11(15)12(14)16/h2,4-5,8,11H,3,6-7H2,1H3,(H2,14,16)/t11-/m1/s1. The SMILES string of the molecule is Cc1cccc(C(=O)N2CCC[C@@H]2C(N)=O)c1. The van der Waals surface area contributed by atoms with Gasteiger partial charge in [-0.2, -0.15) is 0 Å². The first-order valence-electron chi connectivity index (χ1n) is 5.76. The van der Waals surface area contributed by atoms with Crippen molar-refractivity contribution in [2.45, 2.75) is 25.8 Å². The van der Waals surface area contributed by atoms with Crippen LogP contribution in [-0.4, -0.2) is 29.3 Å². The summed E-state index contributed by atoms with van der Waals surface area (Å²) >= 11 is 0. The summed E-state index contributed by atoms with van der Waals surface area (Å²) in [6.07, 6.45) is 1.51. The number of amides is 2. The van der Waals surface area contributed by atoms with Crippen molar-refractivity contribution in [1.82, 2.24) is 4.90 Å². The van der Waals surface area contributed by atoms with Gasteiger partial charge in [-0.3, -0.25) is 9.59 Å². The second-order valence-electron chi connectivity index (χ2n) is 4.43. The van der Waals surface area contributed by atoms with Gasteiger partial charge in [0, 0.05) is 12.1 Å². The van der Waals surface area contributed by atoms with Crippen LogP contribution in [0, 0.1) is 6.92 Å². The van der Waals surface area contributed by atoms with Crippen LogP contribution in [-0.2, 0) is 4.79 Å². The third-order valence-corrected chi connectivity index (χ3v) is 3.11. The van der Waals surface area contributed by atoms with Crippen molar-refractivity contribution in [3.05, 3.63) is 35.4 Å². The molecule has 1 fully saturated rings. The Hall–Kier alpha value is -1.84. The maximum absolute atomic E-state index is 12.2. The van der Waals surface area contributed by atoms with E-state index in [1.165, 1.54) is 0 Å². The smallest absolute Gasteiger partial charge is 0.254 e. The molecule has 0 aromatic heterocycles. The number of aryl methyl sites for hydroxylation is 1. The van der Waals surface area contributed by atoms with Gasteiger partial charge in [0.15, 0.2) is 0 Å². The summed E-state index contributed by atoms with van der Waals surface area (Å²) in [6.45, 7) is 2.55. The molecule has 1 aromatic carbocycles. The summed E-state index contributed by atoms with van der Waals surface area (Å²) in [5, 5.41) is 0. The lowest BCUT2D eigenvalue weighted by Gasteiger charge is -2.22. The number of rotatable bonds is 2. The molecule has 2 N–H and O–H groups in total. The molecule has 4 nitrogen and oxygen atoms in total. The topological polar surface area (TPSA) is 63.4 Å². The molecule has 0 saturated carbocycles. The number of benzene rings is 1. The summed E-state index contributed by atoms with van der Waals surface area (Å²) in [7, 11) is 0. The van der Waals surface area contributed by atoms with Gasteiger partial charge in [0.25, 0.3) is 5.91 Å². The van der Waals surface area contributed by atoms with E-state index in [-0.39, 0.29) is 5.91 Å². The fourth-order valence-corrected chi connectivity index (χ4v) is 2.25. The predicted molar refractivity (Wildman–Crippen MR) is 64.4 cm³/mol. The van der Waals surface area contributed by atoms with Crippen LogP contribution in [0.15, 0.2) is 24.3 Å². The number of likely N-dealkylation sites (tertiary alicyclic amines) is 1. The number of nitrogens with two attached hydrogens (primary N) is 1. The van der Waals surface area contributed by atoms with Crippen molar-refractivity contribution >= 4 is 11.8 Å². The molecular weight excluding hydrogens is 216 g/mol. The van der Waals surface area contributed by atoms with E-state index in [1.54, 1.807) is 11.0 Å². The number of carbonyl (C=O) groups excluding carboxylic acids is 2. The highest BCUT2D eigenvalue weighted by Crippen LogP contribution is 2.20. The van der Waals surface area contributed by atoms with E-state index < -0.39 is 11.9 Å². The summed E-state index contributed by atoms with van der Waals surface area (Å²) in [4.78, 5) is 25.1. The molecule has 90 valence electrons. The van der Waals surface area contributed by atoms with Crippen molar-refractivity contribution in [3.63, 3.8) is 0 Å². The minimum absolute atomic E-state index is 0.102. The third-order valence-electron chi connectivity index (χ3n) is 3.11. The maximum Gasteiger partial charge on any atom is 0.254 e. The molecule has 2 amide bonds. The van der Waals surface area contributed by atoms with Crippen LogP contribution in [0.25, 0.3) is 0 Å². The number of carbonyl (C=O) groups is 2. The molecule has 1 aromatic rings. The molecule has 1 atom stereocenters. The Morgan fingerprint density at radius 2 is 2.18 bits per heavy atom. The normalized spacial score (nSPS) is 19.4. The molecule has 0 aliphatic carbocycles. The molecule has 0 spiro atoms. The van der Waals surface area contributed by atoms with E-state index in [9.17, 15) is 9.59 Å². The van der Waals surface area contributed by atoms with Crippen molar-refractivity contribution < 1.29 is 9.59 Å². The Morgan fingerprint density at radius 1 is 1.41 bits per heavy atom. The third kappa shape index (κ3) is 2.30. The van der Waals surface area contributed by atoms with Gasteiger partial charge in [0.2, 0.25) is 5.91 Å². The zero-order valence-electron chi connectivity index (χ0n) is 9.85. The lowest BCUT2D eigenvalue weighted by molar-refractivity contribution is -0.121. The number of hydrogen-bond acceptors (Lipinski definition) is 2. The van der Waals surface area contributed by atoms with Gasteiger partial charge in [-0.25, -0.2) is 0 Å². The van der Waals surface area contributed by atoms with Crippen LogP contribution in [0.3, 0.4) is 0 Å². The van der Waals surface area contributed by atoms with Gasteiger partial charge < -0.3 is 10.6 Å². The molecule has 1 aliphatic rings. The van der Waals surface area contributed by atoms with E-state index in [2.05, 4.69) is 0 Å². The van der Waals surface area contributed by atoms with Crippen LogP contribution >= 0.6 is 0 Å². The van der Waals surface area contributed by atoms with E-state index >= 15 is 0 Å². The molecule has 0 bridgehead atoms. The minimum Gasteiger partial charge on any atom is -0.368 e. The second-order valence-corrected chi connectivity index (χ2v) is 4.43. The average Bonchev–Trinajstić information content (AvgIpc) is 2.77. The Labute approximate surface area is 100 Å². The van der Waals surface area contributed by atoms with Gasteiger partial charge in [0.05, 0.1) is 0 Å². The summed E-state index contributed by atoms with van der Waals surface area (Å²) in [5.41, 5.74) is 6.96. The molecule has 1 heterocycles. The number of primary amides is 1. The molecule has 2 rings (SSSR count). The van der Waals surface area contributed by atoms with Crippen LogP contribution in [0.5, 0.6) is 0 Å². The largest absolute Gasteiger partial charge is 0.368 e. The van der Waals surface area contributed by atoms with Crippen LogP contribution < -0.4 is 5.73 Å². The van der Waals surface area contributed by atoms with Gasteiger partial charge in [0.1, 0.15) is 6.04 Å². The number of nitrogens with zero attached hydrogens (tertiary/aromatic N) is 1. The predicted octanol–water partition coefficient (Wildman–Crippen LogP) is 1.08. The van der Waals surface area contributed by atoms with Gasteiger partial charge in [-0.15, -0.1) is 0 Å². The summed E-state index contributed by atoms with van der Waals surface area (Å²) in [6, 6.07) is 6.94. The van der Waals surface area contributed by atoms with Gasteiger partial charge >= 0.3 is 0 Å². The molecule has 1 saturated heterocycles. The molecule has 0 unspecified atom stereocenters. The molecule has 17 heavy (non-hydrogen) atoms. The highest BCUT2D eigenvalue weighted by molar-refractivity contribution is 5.97. The Bertz CT molecular complexity index is 456. The van der Waals surface area contributed by atoms with E-state index in [0.29, 0.717) is 18.5 Å². The lowest BCUT2D eigenvalue weighted by atomic mass is 10.1. The lowest BCUT2D eigenvalue weighted by Crippen LogP contribution is -2.43. The minimum atomic E-state index is -0.442. The first kappa shape index (κ1) is 11.6. The van der Waals surface area contributed by atoms with E-state index in [4.69, 9.17) is 5.73 Å². The Balaban J connectivity index is 2.23. The Morgan fingerprint density at radius 3 is 2.82 bits per heavy atom. The summed E-state index contributed by atoms with van der Waals surface area (Å²) in [5.74, 6) is -0.515. The zero-order valence-corrected chi connectivity index (χ0v) is 9.85. The first-order valence-corrected chi connectivity index (χ1v) is 5.76. The Kier molecular flexibility index (Phi) is 3.13. The molecule has 4 heteroatoms. The highest BCUT2D eigenvalue weighted by Gasteiger charge is 2.32. The van der Waals surface area contributed by atoms with Crippen molar-refractivity contribution in [3.8, 4) is 0 Å². The van der Waals surface area contributed by atoms with Crippen molar-refractivity contribution in [1.29, 1.82) is 0 Å².